The minimum Gasteiger partial charge on any atom is -0.278 e. The van der Waals surface area contributed by atoms with E-state index in [0.29, 0.717) is 0 Å². The first kappa shape index (κ1) is 18.2. The van der Waals surface area contributed by atoms with Crippen molar-refractivity contribution in [1.82, 2.24) is 0 Å². The average Bonchev–Trinajstić information content (AvgIpc) is 2.63. The third-order valence-electron chi connectivity index (χ3n) is 3.81. The molecule has 0 aromatic heterocycles. The number of rotatable bonds is 5. The highest BCUT2D eigenvalue weighted by atomic mass is 32.2. The zero-order valence-electron chi connectivity index (χ0n) is 14.0. The maximum atomic E-state index is 12.9. The summed E-state index contributed by atoms with van der Waals surface area (Å²) in [4.78, 5) is 0.0684. The second kappa shape index (κ2) is 6.93. The molecule has 5 nitrogen and oxygen atoms in total. The van der Waals surface area contributed by atoms with Crippen LogP contribution < -0.4 is 4.72 Å². The topological polar surface area (TPSA) is 80.3 Å². The maximum Gasteiger partial charge on any atom is 0.261 e. The van der Waals surface area contributed by atoms with Crippen LogP contribution in [0.1, 0.15) is 5.56 Å². The van der Waals surface area contributed by atoms with Crippen molar-refractivity contribution < 1.29 is 16.8 Å². The normalized spacial score (nSPS) is 11.9. The van der Waals surface area contributed by atoms with Crippen LogP contribution in [0.5, 0.6) is 0 Å². The van der Waals surface area contributed by atoms with Gasteiger partial charge in [-0.2, -0.15) is 0 Å². The minimum absolute atomic E-state index is 0.0110. The van der Waals surface area contributed by atoms with E-state index in [1.54, 1.807) is 42.5 Å². The van der Waals surface area contributed by atoms with Crippen molar-refractivity contribution in [3.63, 3.8) is 0 Å². The Balaban J connectivity index is 2.04. The fourth-order valence-corrected chi connectivity index (χ4v) is 5.01. The third-order valence-corrected chi connectivity index (χ3v) is 7.01. The Morgan fingerprint density at radius 3 is 1.88 bits per heavy atom. The standard InChI is InChI=1S/C19H17NO4S2/c1-15-11-13-17(14-12-15)26(23,24)20-18-9-5-6-10-19(18)25(21,22)16-7-3-2-4-8-16/h2-14,20H,1H3. The van der Waals surface area contributed by atoms with Crippen molar-refractivity contribution in [3.8, 4) is 0 Å². The molecule has 0 bridgehead atoms. The number of benzene rings is 3. The molecule has 134 valence electrons. The lowest BCUT2D eigenvalue weighted by Gasteiger charge is -2.13. The average molecular weight is 387 g/mol. The Bertz CT molecular complexity index is 1120. The van der Waals surface area contributed by atoms with Crippen LogP contribution in [0.3, 0.4) is 0 Å². The van der Waals surface area contributed by atoms with Crippen molar-refractivity contribution in [3.05, 3.63) is 84.4 Å². The Kier molecular flexibility index (Phi) is 4.84. The molecule has 0 radical (unpaired) electrons. The highest BCUT2D eigenvalue weighted by Gasteiger charge is 2.23. The summed E-state index contributed by atoms with van der Waals surface area (Å²) in [5.41, 5.74) is 0.938. The van der Waals surface area contributed by atoms with Crippen LogP contribution >= 0.6 is 0 Å². The summed E-state index contributed by atoms with van der Waals surface area (Å²) >= 11 is 0. The number of para-hydroxylation sites is 1. The summed E-state index contributed by atoms with van der Waals surface area (Å²) < 4.78 is 53.4. The van der Waals surface area contributed by atoms with Gasteiger partial charge in [-0.15, -0.1) is 0 Å². The molecule has 0 atom stereocenters. The number of sulfonamides is 1. The van der Waals surface area contributed by atoms with Gasteiger partial charge in [-0.25, -0.2) is 16.8 Å². The lowest BCUT2D eigenvalue weighted by molar-refractivity contribution is 0.596. The largest absolute Gasteiger partial charge is 0.278 e. The molecule has 0 saturated heterocycles. The van der Waals surface area contributed by atoms with Crippen molar-refractivity contribution in [2.24, 2.45) is 0 Å². The van der Waals surface area contributed by atoms with Gasteiger partial charge in [0.1, 0.15) is 0 Å². The maximum absolute atomic E-state index is 12.9. The van der Waals surface area contributed by atoms with Crippen molar-refractivity contribution in [2.45, 2.75) is 21.6 Å². The van der Waals surface area contributed by atoms with Crippen LogP contribution in [0.2, 0.25) is 0 Å². The van der Waals surface area contributed by atoms with E-state index in [1.165, 1.54) is 36.4 Å². The molecule has 0 aliphatic rings. The highest BCUT2D eigenvalue weighted by Crippen LogP contribution is 2.29. The molecule has 0 unspecified atom stereocenters. The van der Waals surface area contributed by atoms with Gasteiger partial charge in [-0.05, 0) is 43.3 Å². The first-order valence-electron chi connectivity index (χ1n) is 7.79. The SMILES string of the molecule is Cc1ccc(S(=O)(=O)Nc2ccccc2S(=O)(=O)c2ccccc2)cc1. The number of nitrogens with one attached hydrogen (secondary N) is 1. The third kappa shape index (κ3) is 3.63. The molecule has 3 aromatic rings. The lowest BCUT2D eigenvalue weighted by Crippen LogP contribution is -2.15. The monoisotopic (exact) mass is 387 g/mol. The van der Waals surface area contributed by atoms with E-state index in [2.05, 4.69) is 4.72 Å². The van der Waals surface area contributed by atoms with Crippen LogP contribution in [0.15, 0.2) is 93.5 Å². The molecular weight excluding hydrogens is 370 g/mol. The molecule has 0 amide bonds. The molecule has 0 aliphatic heterocycles. The van der Waals surface area contributed by atoms with E-state index in [9.17, 15) is 16.8 Å². The van der Waals surface area contributed by atoms with E-state index in [4.69, 9.17) is 0 Å². The Morgan fingerprint density at radius 1 is 0.654 bits per heavy atom. The first-order valence-corrected chi connectivity index (χ1v) is 10.8. The van der Waals surface area contributed by atoms with E-state index < -0.39 is 19.9 Å². The Morgan fingerprint density at radius 2 is 1.23 bits per heavy atom. The quantitative estimate of drug-likeness (QED) is 0.725. The minimum atomic E-state index is -3.91. The summed E-state index contributed by atoms with van der Waals surface area (Å²) in [5.74, 6) is 0. The zero-order valence-corrected chi connectivity index (χ0v) is 15.6. The van der Waals surface area contributed by atoms with E-state index >= 15 is 0 Å². The number of aryl methyl sites for hydroxylation is 1. The van der Waals surface area contributed by atoms with Crippen LogP contribution in [0, 0.1) is 6.92 Å². The molecular formula is C19H17NO4S2. The van der Waals surface area contributed by atoms with Gasteiger partial charge in [0.05, 0.1) is 20.4 Å². The van der Waals surface area contributed by atoms with Crippen LogP contribution in [0.25, 0.3) is 0 Å². The summed E-state index contributed by atoms with van der Waals surface area (Å²) in [6.07, 6.45) is 0. The summed E-state index contributed by atoms with van der Waals surface area (Å²) in [7, 11) is -7.77. The van der Waals surface area contributed by atoms with Gasteiger partial charge in [-0.1, -0.05) is 48.0 Å². The number of hydrogen-bond donors (Lipinski definition) is 1. The molecule has 0 spiro atoms. The molecule has 0 saturated carbocycles. The first-order chi connectivity index (χ1) is 12.3. The molecule has 7 heteroatoms. The van der Waals surface area contributed by atoms with Gasteiger partial charge in [0, 0.05) is 0 Å². The second-order valence-electron chi connectivity index (χ2n) is 5.73. The summed E-state index contributed by atoms with van der Waals surface area (Å²) in [5, 5.41) is 0. The molecule has 3 rings (SSSR count). The second-order valence-corrected chi connectivity index (χ2v) is 9.33. The number of anilines is 1. The highest BCUT2D eigenvalue weighted by molar-refractivity contribution is 7.93. The Labute approximate surface area is 153 Å². The van der Waals surface area contributed by atoms with E-state index in [0.717, 1.165) is 5.56 Å². The fourth-order valence-electron chi connectivity index (χ4n) is 2.43. The predicted octanol–water partition coefficient (Wildman–Crippen LogP) is 3.63. The smallest absolute Gasteiger partial charge is 0.261 e. The number of hydrogen-bond acceptors (Lipinski definition) is 4. The van der Waals surface area contributed by atoms with E-state index in [1.807, 2.05) is 6.92 Å². The fraction of sp³-hybridized carbons (Fsp3) is 0.0526. The molecule has 0 aliphatic carbocycles. The molecule has 3 aromatic carbocycles. The van der Waals surface area contributed by atoms with Gasteiger partial charge in [0.15, 0.2) is 0 Å². The summed E-state index contributed by atoms with van der Waals surface area (Å²) in [6.45, 7) is 1.85. The molecule has 0 fully saturated rings. The van der Waals surface area contributed by atoms with Crippen molar-refractivity contribution >= 4 is 25.5 Å². The summed E-state index contributed by atoms with van der Waals surface area (Å²) in [6, 6.07) is 20.2. The van der Waals surface area contributed by atoms with Crippen LogP contribution in [0.4, 0.5) is 5.69 Å². The molecule has 26 heavy (non-hydrogen) atoms. The van der Waals surface area contributed by atoms with Crippen LogP contribution in [-0.4, -0.2) is 16.8 Å². The predicted molar refractivity (Wildman–Crippen MR) is 100 cm³/mol. The van der Waals surface area contributed by atoms with Crippen molar-refractivity contribution in [1.29, 1.82) is 0 Å². The Hall–Kier alpha value is -2.64. The number of sulfone groups is 1. The van der Waals surface area contributed by atoms with Crippen LogP contribution in [-0.2, 0) is 19.9 Å². The van der Waals surface area contributed by atoms with Gasteiger partial charge < -0.3 is 0 Å². The lowest BCUT2D eigenvalue weighted by atomic mass is 10.2. The van der Waals surface area contributed by atoms with Gasteiger partial charge in [-0.3, -0.25) is 4.72 Å². The van der Waals surface area contributed by atoms with Gasteiger partial charge in [0.25, 0.3) is 10.0 Å². The van der Waals surface area contributed by atoms with Gasteiger partial charge in [0.2, 0.25) is 9.84 Å². The molecule has 0 heterocycles. The van der Waals surface area contributed by atoms with Crippen molar-refractivity contribution in [2.75, 3.05) is 4.72 Å². The van der Waals surface area contributed by atoms with E-state index in [-0.39, 0.29) is 20.4 Å². The van der Waals surface area contributed by atoms with Gasteiger partial charge >= 0.3 is 0 Å². The molecule has 1 N–H and O–H groups in total. The zero-order chi connectivity index (χ0) is 18.8.